The molecule has 0 N–H and O–H groups in total. The molecule has 0 aliphatic heterocycles. The van der Waals surface area contributed by atoms with E-state index in [-0.39, 0.29) is 0 Å². The van der Waals surface area contributed by atoms with E-state index in [0.29, 0.717) is 0 Å². The maximum atomic E-state index is 4.21. The summed E-state index contributed by atoms with van der Waals surface area (Å²) in [4.78, 5) is 6.55. The summed E-state index contributed by atoms with van der Waals surface area (Å²) in [6.07, 6.45) is 3.69. The molecule has 1 aliphatic rings. The quantitative estimate of drug-likeness (QED) is 0.163. The van der Waals surface area contributed by atoms with Crippen LogP contribution in [0.1, 0.15) is 0 Å². The summed E-state index contributed by atoms with van der Waals surface area (Å²) < 4.78 is 0. The Balaban J connectivity index is 1.11. The Labute approximate surface area is 332 Å². The molecule has 1 aliphatic carbocycles. The van der Waals surface area contributed by atoms with E-state index in [4.69, 9.17) is 0 Å². The molecule has 0 saturated carbocycles. The molecule has 0 spiro atoms. The van der Waals surface area contributed by atoms with Crippen molar-refractivity contribution in [3.63, 3.8) is 0 Å². The van der Waals surface area contributed by atoms with E-state index in [2.05, 4.69) is 216 Å². The minimum absolute atomic E-state index is 1.10. The lowest BCUT2D eigenvalue weighted by molar-refractivity contribution is 1.28. The number of pyridine rings is 1. The highest BCUT2D eigenvalue weighted by Crippen LogP contribution is 2.58. The third-order valence-corrected chi connectivity index (χ3v) is 11.5. The van der Waals surface area contributed by atoms with Crippen molar-refractivity contribution in [2.75, 3.05) is 4.90 Å². The highest BCUT2D eigenvalue weighted by atomic mass is 15.1. The predicted octanol–water partition coefficient (Wildman–Crippen LogP) is 15.2. The van der Waals surface area contributed by atoms with E-state index in [1.165, 1.54) is 77.2 Å². The Hall–Kier alpha value is -7.55. The van der Waals surface area contributed by atoms with Gasteiger partial charge in [-0.3, -0.25) is 4.98 Å². The summed E-state index contributed by atoms with van der Waals surface area (Å²) in [7, 11) is 0. The molecule has 0 fully saturated rings. The van der Waals surface area contributed by atoms with Gasteiger partial charge < -0.3 is 4.90 Å². The monoisotopic (exact) mass is 724 g/mol. The third-order valence-electron chi connectivity index (χ3n) is 11.5. The molecule has 1 aromatic heterocycles. The topological polar surface area (TPSA) is 16.1 Å². The fraction of sp³-hybridized carbons (Fsp3) is 0. The maximum absolute atomic E-state index is 4.21. The predicted molar refractivity (Wildman–Crippen MR) is 240 cm³/mol. The zero-order chi connectivity index (χ0) is 37.7. The summed E-state index contributed by atoms with van der Waals surface area (Å²) in [5.74, 6) is 0. The first kappa shape index (κ1) is 32.8. The van der Waals surface area contributed by atoms with Gasteiger partial charge in [0, 0.05) is 29.5 Å². The number of nitrogens with zero attached hydrogens (tertiary/aromatic N) is 2. The number of para-hydroxylation sites is 1. The van der Waals surface area contributed by atoms with Crippen LogP contribution in [0.25, 0.3) is 88.3 Å². The van der Waals surface area contributed by atoms with Crippen molar-refractivity contribution in [3.8, 4) is 66.8 Å². The Bertz CT molecular complexity index is 2990. The lowest BCUT2D eigenvalue weighted by Crippen LogP contribution is -2.09. The summed E-state index contributed by atoms with van der Waals surface area (Å²) in [5.41, 5.74) is 18.3. The van der Waals surface area contributed by atoms with Gasteiger partial charge in [-0.15, -0.1) is 0 Å². The van der Waals surface area contributed by atoms with E-state index >= 15 is 0 Å². The van der Waals surface area contributed by atoms with Gasteiger partial charge in [0.2, 0.25) is 0 Å². The van der Waals surface area contributed by atoms with Crippen LogP contribution in [0.3, 0.4) is 0 Å². The van der Waals surface area contributed by atoms with Crippen molar-refractivity contribution in [2.24, 2.45) is 0 Å². The fourth-order valence-electron chi connectivity index (χ4n) is 9.05. The van der Waals surface area contributed by atoms with Crippen LogP contribution in [-0.4, -0.2) is 4.98 Å². The van der Waals surface area contributed by atoms with Gasteiger partial charge in [0.15, 0.2) is 0 Å². The van der Waals surface area contributed by atoms with Crippen molar-refractivity contribution < 1.29 is 0 Å². The molecule has 266 valence electrons. The summed E-state index contributed by atoms with van der Waals surface area (Å²) in [6.45, 7) is 0. The molecule has 0 saturated heterocycles. The lowest BCUT2D eigenvalue weighted by Gasteiger charge is -2.26. The second kappa shape index (κ2) is 13.6. The van der Waals surface area contributed by atoms with Crippen LogP contribution in [0.15, 0.2) is 219 Å². The standard InChI is InChI=1S/C55H36N2/c1-4-14-39(15-5-1)51-47-22-10-11-23-48(47)52(40-16-6-2-7-17-40)55-50-31-30-45(46-24-13-25-49(53(46)50)54(51)55)41-18-12-21-44(36-41)57(42-19-8-3-9-20-42)43-28-26-37(27-29-43)38-32-34-56-35-33-38/h1-36H. The molecular weight excluding hydrogens is 689 g/mol. The molecule has 0 radical (unpaired) electrons. The zero-order valence-corrected chi connectivity index (χ0v) is 31.2. The second-order valence-corrected chi connectivity index (χ2v) is 14.7. The third kappa shape index (κ3) is 5.45. The van der Waals surface area contributed by atoms with E-state index < -0.39 is 0 Å². The van der Waals surface area contributed by atoms with Crippen LogP contribution in [0, 0.1) is 0 Å². The van der Waals surface area contributed by atoms with Crippen molar-refractivity contribution in [1.29, 1.82) is 0 Å². The molecule has 0 bridgehead atoms. The fourth-order valence-corrected chi connectivity index (χ4v) is 9.05. The largest absolute Gasteiger partial charge is 0.310 e. The Morgan fingerprint density at radius 3 is 1.40 bits per heavy atom. The number of hydrogen-bond acceptors (Lipinski definition) is 2. The van der Waals surface area contributed by atoms with Gasteiger partial charge in [-0.2, -0.15) is 0 Å². The van der Waals surface area contributed by atoms with E-state index in [1.807, 2.05) is 12.4 Å². The number of anilines is 3. The van der Waals surface area contributed by atoms with Crippen LogP contribution in [-0.2, 0) is 0 Å². The molecule has 11 rings (SSSR count). The molecule has 9 aromatic carbocycles. The van der Waals surface area contributed by atoms with Gasteiger partial charge in [-0.25, -0.2) is 0 Å². The van der Waals surface area contributed by atoms with Gasteiger partial charge >= 0.3 is 0 Å². The van der Waals surface area contributed by atoms with Crippen molar-refractivity contribution in [3.05, 3.63) is 219 Å². The molecule has 0 atom stereocenters. The van der Waals surface area contributed by atoms with Crippen LogP contribution >= 0.6 is 0 Å². The molecular formula is C55H36N2. The summed E-state index contributed by atoms with van der Waals surface area (Å²) >= 11 is 0. The summed E-state index contributed by atoms with van der Waals surface area (Å²) in [5, 5.41) is 5.11. The van der Waals surface area contributed by atoms with E-state index in [1.54, 1.807) is 0 Å². The Kier molecular flexibility index (Phi) is 7.86. The van der Waals surface area contributed by atoms with Crippen LogP contribution in [0.2, 0.25) is 0 Å². The van der Waals surface area contributed by atoms with E-state index in [9.17, 15) is 0 Å². The van der Waals surface area contributed by atoms with Crippen LogP contribution in [0.5, 0.6) is 0 Å². The number of benzene rings is 9. The molecule has 2 heteroatoms. The number of fused-ring (bicyclic) bond motifs is 4. The van der Waals surface area contributed by atoms with Crippen LogP contribution in [0.4, 0.5) is 17.1 Å². The van der Waals surface area contributed by atoms with Gasteiger partial charge in [0.05, 0.1) is 0 Å². The van der Waals surface area contributed by atoms with Crippen LogP contribution < -0.4 is 4.90 Å². The first-order chi connectivity index (χ1) is 28.3. The summed E-state index contributed by atoms with van der Waals surface area (Å²) in [6, 6.07) is 75.0. The molecule has 0 amide bonds. The number of aromatic nitrogens is 1. The van der Waals surface area contributed by atoms with Gasteiger partial charge in [0.25, 0.3) is 0 Å². The normalized spacial score (nSPS) is 11.5. The average molecular weight is 725 g/mol. The van der Waals surface area contributed by atoms with Gasteiger partial charge in [-0.1, -0.05) is 158 Å². The zero-order valence-electron chi connectivity index (χ0n) is 31.2. The molecule has 57 heavy (non-hydrogen) atoms. The molecule has 10 aromatic rings. The van der Waals surface area contributed by atoms with Crippen molar-refractivity contribution in [2.45, 2.75) is 0 Å². The maximum Gasteiger partial charge on any atom is 0.0467 e. The smallest absolute Gasteiger partial charge is 0.0467 e. The number of hydrogen-bond donors (Lipinski definition) is 0. The number of rotatable bonds is 7. The molecule has 0 unspecified atom stereocenters. The minimum Gasteiger partial charge on any atom is -0.310 e. The Morgan fingerprint density at radius 2 is 0.754 bits per heavy atom. The van der Waals surface area contributed by atoms with Crippen molar-refractivity contribution >= 4 is 38.6 Å². The van der Waals surface area contributed by atoms with Gasteiger partial charge in [0.1, 0.15) is 0 Å². The molecule has 2 nitrogen and oxygen atoms in total. The SMILES string of the molecule is c1ccc(-c2c3c(c(-c4ccccc4)c4ccccc24)-c2ccc(-c4cccc(N(c5ccccc5)c5ccc(-c6ccncc6)cc5)c4)c4cccc-3c24)cc1. The highest BCUT2D eigenvalue weighted by Gasteiger charge is 2.31. The Morgan fingerprint density at radius 1 is 0.281 bits per heavy atom. The van der Waals surface area contributed by atoms with Crippen molar-refractivity contribution in [1.82, 2.24) is 4.98 Å². The second-order valence-electron chi connectivity index (χ2n) is 14.7. The molecule has 1 heterocycles. The average Bonchev–Trinajstić information content (AvgIpc) is 3.62. The van der Waals surface area contributed by atoms with Gasteiger partial charge in [-0.05, 0) is 137 Å². The lowest BCUT2D eigenvalue weighted by atomic mass is 9.82. The first-order valence-electron chi connectivity index (χ1n) is 19.5. The highest BCUT2D eigenvalue weighted by molar-refractivity contribution is 6.28. The first-order valence-corrected chi connectivity index (χ1v) is 19.5. The minimum atomic E-state index is 1.10. The van der Waals surface area contributed by atoms with E-state index in [0.717, 1.165) is 28.2 Å².